The molecule has 0 bridgehead atoms. The minimum absolute atomic E-state index is 0.0751. The first-order valence-electron chi connectivity index (χ1n) is 4.16. The number of hydrogen-bond donors (Lipinski definition) is 1. The number of hydrogen-bond acceptors (Lipinski definition) is 3. The fraction of sp³-hybridized carbons (Fsp3) is 0.182. The van der Waals surface area contributed by atoms with Crippen LogP contribution >= 0.6 is 15.9 Å². The Bertz CT molecular complexity index is 429. The summed E-state index contributed by atoms with van der Waals surface area (Å²) in [6, 6.07) is 5.23. The number of methoxy groups -OCH3 is 1. The quantitative estimate of drug-likeness (QED) is 0.620. The lowest BCUT2D eigenvalue weighted by molar-refractivity contribution is -0.133. The van der Waals surface area contributed by atoms with Crippen LogP contribution < -0.4 is 0 Å². The third kappa shape index (κ3) is 3.39. The van der Waals surface area contributed by atoms with Gasteiger partial charge in [0.1, 0.15) is 0 Å². The van der Waals surface area contributed by atoms with Gasteiger partial charge in [-0.3, -0.25) is 0 Å². The highest BCUT2D eigenvalue weighted by Crippen LogP contribution is 2.17. The lowest BCUT2D eigenvalue weighted by Gasteiger charge is -2.00. The number of benzene rings is 1. The molecule has 0 aliphatic rings. The van der Waals surface area contributed by atoms with E-state index in [1.165, 1.54) is 7.11 Å². The minimum atomic E-state index is -0.580. The Kier molecular flexibility index (Phi) is 4.35. The van der Waals surface area contributed by atoms with Gasteiger partial charge in [-0.15, -0.1) is 0 Å². The van der Waals surface area contributed by atoms with Gasteiger partial charge in [0.2, 0.25) is 0 Å². The van der Waals surface area contributed by atoms with Crippen LogP contribution in [-0.2, 0) is 16.1 Å². The Labute approximate surface area is 96.2 Å². The summed E-state index contributed by atoms with van der Waals surface area (Å²) in [5.74, 6) is 4.37. The summed E-state index contributed by atoms with van der Waals surface area (Å²) < 4.78 is 5.19. The molecule has 3 nitrogen and oxygen atoms in total. The summed E-state index contributed by atoms with van der Waals surface area (Å²) in [6.45, 7) is -0.0751. The van der Waals surface area contributed by atoms with Gasteiger partial charge in [-0.25, -0.2) is 4.79 Å². The van der Waals surface area contributed by atoms with Gasteiger partial charge in [0.15, 0.2) is 0 Å². The van der Waals surface area contributed by atoms with Gasteiger partial charge in [0, 0.05) is 16.0 Å². The normalized spacial score (nSPS) is 9.00. The second-order valence-electron chi connectivity index (χ2n) is 2.71. The van der Waals surface area contributed by atoms with E-state index in [1.54, 1.807) is 18.2 Å². The van der Waals surface area contributed by atoms with Crippen LogP contribution in [0.25, 0.3) is 0 Å². The third-order valence-electron chi connectivity index (χ3n) is 1.71. The van der Waals surface area contributed by atoms with E-state index in [0.29, 0.717) is 5.56 Å². The van der Waals surface area contributed by atoms with Crippen molar-refractivity contribution in [3.05, 3.63) is 33.8 Å². The predicted molar refractivity (Wildman–Crippen MR) is 59.0 cm³/mol. The number of aliphatic hydroxyl groups excluding tert-OH is 1. The largest absolute Gasteiger partial charge is 0.459 e. The van der Waals surface area contributed by atoms with Gasteiger partial charge in [-0.2, -0.15) is 0 Å². The number of carbonyl (C=O) groups excluding carboxylic acids is 1. The van der Waals surface area contributed by atoms with Crippen molar-refractivity contribution in [2.45, 2.75) is 6.61 Å². The topological polar surface area (TPSA) is 46.5 Å². The van der Waals surface area contributed by atoms with Crippen LogP contribution in [0.5, 0.6) is 0 Å². The van der Waals surface area contributed by atoms with Crippen LogP contribution in [0.4, 0.5) is 0 Å². The van der Waals surface area contributed by atoms with Crippen LogP contribution in [-0.4, -0.2) is 18.2 Å². The van der Waals surface area contributed by atoms with Crippen LogP contribution in [0, 0.1) is 11.8 Å². The van der Waals surface area contributed by atoms with Gasteiger partial charge in [-0.05, 0) is 23.8 Å². The zero-order valence-corrected chi connectivity index (χ0v) is 9.67. The summed E-state index contributed by atoms with van der Waals surface area (Å²) in [4.78, 5) is 10.8. The molecule has 0 atom stereocenters. The lowest BCUT2D eigenvalue weighted by atomic mass is 10.1. The van der Waals surface area contributed by atoms with Crippen molar-refractivity contribution in [3.63, 3.8) is 0 Å². The molecule has 4 heteroatoms. The summed E-state index contributed by atoms with van der Waals surface area (Å²) in [5.41, 5.74) is 1.39. The molecule has 1 aromatic carbocycles. The Morgan fingerprint density at radius 1 is 1.60 bits per heavy atom. The molecule has 0 spiro atoms. The number of carbonyl (C=O) groups is 1. The van der Waals surface area contributed by atoms with Crippen molar-refractivity contribution in [1.82, 2.24) is 0 Å². The third-order valence-corrected chi connectivity index (χ3v) is 2.48. The molecule has 0 radical (unpaired) electrons. The SMILES string of the molecule is COC(=O)C#Cc1ccc(Br)c(CO)c1. The molecule has 0 unspecified atom stereocenters. The molecule has 0 aliphatic carbocycles. The molecule has 0 saturated heterocycles. The van der Waals surface area contributed by atoms with Crippen molar-refractivity contribution < 1.29 is 14.6 Å². The van der Waals surface area contributed by atoms with Crippen LogP contribution in [0.3, 0.4) is 0 Å². The fourth-order valence-corrected chi connectivity index (χ4v) is 1.32. The van der Waals surface area contributed by atoms with Crippen LogP contribution in [0.1, 0.15) is 11.1 Å². The average Bonchev–Trinajstić information content (AvgIpc) is 2.27. The molecule has 78 valence electrons. The molecule has 0 heterocycles. The number of esters is 1. The number of aliphatic hydroxyl groups is 1. The summed E-state index contributed by atoms with van der Waals surface area (Å²) in [6.07, 6.45) is 0. The Morgan fingerprint density at radius 2 is 2.33 bits per heavy atom. The number of halogens is 1. The number of ether oxygens (including phenoxy) is 1. The van der Waals surface area contributed by atoms with E-state index in [2.05, 4.69) is 32.5 Å². The predicted octanol–water partition coefficient (Wildman–Crippen LogP) is 1.47. The first kappa shape index (κ1) is 11.8. The van der Waals surface area contributed by atoms with Gasteiger partial charge < -0.3 is 9.84 Å². The van der Waals surface area contributed by atoms with Crippen molar-refractivity contribution >= 4 is 21.9 Å². The highest BCUT2D eigenvalue weighted by atomic mass is 79.9. The summed E-state index contributed by atoms with van der Waals surface area (Å²) >= 11 is 3.28. The Hall–Kier alpha value is -1.31. The first-order chi connectivity index (χ1) is 7.17. The van der Waals surface area contributed by atoms with E-state index in [4.69, 9.17) is 5.11 Å². The minimum Gasteiger partial charge on any atom is -0.459 e. The lowest BCUT2D eigenvalue weighted by Crippen LogP contribution is -1.94. The van der Waals surface area contributed by atoms with Gasteiger partial charge in [0.05, 0.1) is 13.7 Å². The van der Waals surface area contributed by atoms with Crippen molar-refractivity contribution in [2.24, 2.45) is 0 Å². The maximum atomic E-state index is 10.8. The molecule has 1 N–H and O–H groups in total. The number of rotatable bonds is 1. The van der Waals surface area contributed by atoms with Gasteiger partial charge >= 0.3 is 5.97 Å². The van der Waals surface area contributed by atoms with Crippen molar-refractivity contribution in [3.8, 4) is 11.8 Å². The molecule has 0 aliphatic heterocycles. The monoisotopic (exact) mass is 268 g/mol. The van der Waals surface area contributed by atoms with Crippen LogP contribution in [0.15, 0.2) is 22.7 Å². The van der Waals surface area contributed by atoms with E-state index < -0.39 is 5.97 Å². The van der Waals surface area contributed by atoms with E-state index >= 15 is 0 Å². The van der Waals surface area contributed by atoms with Crippen LogP contribution in [0.2, 0.25) is 0 Å². The average molecular weight is 269 g/mol. The highest BCUT2D eigenvalue weighted by molar-refractivity contribution is 9.10. The van der Waals surface area contributed by atoms with E-state index in [0.717, 1.165) is 10.0 Å². The molecule has 0 aromatic heterocycles. The first-order valence-corrected chi connectivity index (χ1v) is 4.96. The maximum absolute atomic E-state index is 10.8. The zero-order chi connectivity index (χ0) is 11.3. The molecule has 0 fully saturated rings. The second-order valence-corrected chi connectivity index (χ2v) is 3.56. The summed E-state index contributed by atoms with van der Waals surface area (Å²) in [5, 5.41) is 9.00. The highest BCUT2D eigenvalue weighted by Gasteiger charge is 1.99. The van der Waals surface area contributed by atoms with Crippen molar-refractivity contribution in [2.75, 3.05) is 7.11 Å². The van der Waals surface area contributed by atoms with Crippen molar-refractivity contribution in [1.29, 1.82) is 0 Å². The fourth-order valence-electron chi connectivity index (χ4n) is 0.948. The Morgan fingerprint density at radius 3 is 2.93 bits per heavy atom. The zero-order valence-electron chi connectivity index (χ0n) is 8.08. The smallest absolute Gasteiger partial charge is 0.384 e. The second kappa shape index (κ2) is 5.54. The molecule has 0 saturated carbocycles. The molecule has 1 rings (SSSR count). The van der Waals surface area contributed by atoms with E-state index in [1.807, 2.05) is 0 Å². The van der Waals surface area contributed by atoms with Gasteiger partial charge in [0.25, 0.3) is 0 Å². The summed E-state index contributed by atoms with van der Waals surface area (Å²) in [7, 11) is 1.28. The molecular formula is C11H9BrO3. The standard InChI is InChI=1S/C11H9BrO3/c1-15-11(14)5-3-8-2-4-10(12)9(6-8)7-13/h2,4,6,13H,7H2,1H3. The van der Waals surface area contributed by atoms with E-state index in [9.17, 15) is 4.79 Å². The molecular weight excluding hydrogens is 260 g/mol. The van der Waals surface area contributed by atoms with Gasteiger partial charge in [-0.1, -0.05) is 21.9 Å². The Balaban J connectivity index is 2.95. The van der Waals surface area contributed by atoms with E-state index in [-0.39, 0.29) is 6.61 Å². The molecule has 1 aromatic rings. The maximum Gasteiger partial charge on any atom is 0.384 e. The molecule has 0 amide bonds. The molecule has 15 heavy (non-hydrogen) atoms.